The van der Waals surface area contributed by atoms with Gasteiger partial charge in [-0.05, 0) is 55.9 Å². The number of benzene rings is 1. The van der Waals surface area contributed by atoms with Crippen molar-refractivity contribution < 1.29 is 9.53 Å². The number of rotatable bonds is 4. The van der Waals surface area contributed by atoms with Crippen LogP contribution in [-0.4, -0.2) is 12.9 Å². The average molecular weight is 323 g/mol. The molecule has 1 aliphatic carbocycles. The van der Waals surface area contributed by atoms with Gasteiger partial charge in [-0.1, -0.05) is 27.6 Å². The fraction of sp³-hybridized carbons (Fsp3) is 0.438. The van der Waals surface area contributed by atoms with Crippen LogP contribution >= 0.6 is 15.9 Å². The summed E-state index contributed by atoms with van der Waals surface area (Å²) in [5.41, 5.74) is 3.55. The first-order chi connectivity index (χ1) is 9.11. The minimum Gasteiger partial charge on any atom is -0.497 e. The van der Waals surface area contributed by atoms with Crippen LogP contribution in [0.15, 0.2) is 33.8 Å². The number of aryl methyl sites for hydroxylation is 1. The lowest BCUT2D eigenvalue weighted by Gasteiger charge is -2.17. The largest absolute Gasteiger partial charge is 0.497 e. The molecule has 0 unspecified atom stereocenters. The maximum Gasteiger partial charge on any atom is 0.158 e. The molecule has 1 aromatic carbocycles. The second-order valence-electron chi connectivity index (χ2n) is 4.99. The molecule has 2 nitrogen and oxygen atoms in total. The van der Waals surface area contributed by atoms with Gasteiger partial charge in [0.05, 0.1) is 7.11 Å². The van der Waals surface area contributed by atoms with E-state index in [1.54, 1.807) is 7.11 Å². The molecule has 1 aliphatic rings. The Morgan fingerprint density at radius 3 is 2.68 bits per heavy atom. The van der Waals surface area contributed by atoms with Gasteiger partial charge in [0.1, 0.15) is 5.75 Å². The van der Waals surface area contributed by atoms with E-state index in [9.17, 15) is 4.79 Å². The third kappa shape index (κ3) is 3.47. The van der Waals surface area contributed by atoms with Gasteiger partial charge < -0.3 is 4.74 Å². The molecule has 0 radical (unpaired) electrons. The van der Waals surface area contributed by atoms with Crippen molar-refractivity contribution in [1.29, 1.82) is 0 Å². The first kappa shape index (κ1) is 14.3. The zero-order chi connectivity index (χ0) is 13.8. The molecule has 2 rings (SSSR count). The smallest absolute Gasteiger partial charge is 0.158 e. The third-order valence-electron chi connectivity index (χ3n) is 3.71. The lowest BCUT2D eigenvalue weighted by Crippen LogP contribution is -2.11. The molecule has 0 aromatic heterocycles. The second-order valence-corrected chi connectivity index (χ2v) is 5.85. The standard InChI is InChI=1S/C16H19BrO2/c1-11-4-3-5-16(18)14(11)9-7-12-6-8-13(19-2)10-15(12)17/h6,8,10H,3-5,7,9H2,1-2H3. The molecule has 0 saturated carbocycles. The highest BCUT2D eigenvalue weighted by atomic mass is 79.9. The van der Waals surface area contributed by atoms with E-state index in [0.717, 1.165) is 47.9 Å². The van der Waals surface area contributed by atoms with Crippen molar-refractivity contribution >= 4 is 21.7 Å². The van der Waals surface area contributed by atoms with Crippen LogP contribution in [0.5, 0.6) is 5.75 Å². The Bertz CT molecular complexity index is 517. The monoisotopic (exact) mass is 322 g/mol. The number of hydrogen-bond donors (Lipinski definition) is 0. The Morgan fingerprint density at radius 1 is 1.26 bits per heavy atom. The van der Waals surface area contributed by atoms with Gasteiger partial charge in [0.2, 0.25) is 0 Å². The molecular weight excluding hydrogens is 304 g/mol. The van der Waals surface area contributed by atoms with Crippen molar-refractivity contribution in [3.8, 4) is 5.75 Å². The molecule has 19 heavy (non-hydrogen) atoms. The normalized spacial score (nSPS) is 15.8. The summed E-state index contributed by atoms with van der Waals surface area (Å²) in [5, 5.41) is 0. The Hall–Kier alpha value is -1.09. The van der Waals surface area contributed by atoms with Crippen molar-refractivity contribution in [1.82, 2.24) is 0 Å². The number of ketones is 1. The Balaban J connectivity index is 2.08. The predicted octanol–water partition coefficient (Wildman–Crippen LogP) is 4.46. The van der Waals surface area contributed by atoms with Gasteiger partial charge >= 0.3 is 0 Å². The van der Waals surface area contributed by atoms with E-state index in [0.29, 0.717) is 5.78 Å². The molecule has 0 saturated heterocycles. The molecule has 0 bridgehead atoms. The second kappa shape index (κ2) is 6.38. The van der Waals surface area contributed by atoms with E-state index < -0.39 is 0 Å². The number of allylic oxidation sites excluding steroid dienone is 2. The molecule has 0 amide bonds. The number of ether oxygens (including phenoxy) is 1. The molecule has 3 heteroatoms. The number of methoxy groups -OCH3 is 1. The van der Waals surface area contributed by atoms with E-state index in [1.165, 1.54) is 11.1 Å². The highest BCUT2D eigenvalue weighted by molar-refractivity contribution is 9.10. The number of hydrogen-bond acceptors (Lipinski definition) is 2. The molecule has 0 atom stereocenters. The maximum absolute atomic E-state index is 11.9. The molecule has 0 aliphatic heterocycles. The van der Waals surface area contributed by atoms with Crippen LogP contribution in [0.1, 0.15) is 38.2 Å². The van der Waals surface area contributed by atoms with Crippen LogP contribution in [0.4, 0.5) is 0 Å². The molecular formula is C16H19BrO2. The van der Waals surface area contributed by atoms with E-state index in [4.69, 9.17) is 4.74 Å². The fourth-order valence-corrected chi connectivity index (χ4v) is 3.08. The van der Waals surface area contributed by atoms with Gasteiger partial charge in [0.25, 0.3) is 0 Å². The third-order valence-corrected chi connectivity index (χ3v) is 4.45. The van der Waals surface area contributed by atoms with Gasteiger partial charge in [0.15, 0.2) is 5.78 Å². The summed E-state index contributed by atoms with van der Waals surface area (Å²) < 4.78 is 6.23. The van der Waals surface area contributed by atoms with E-state index in [1.807, 2.05) is 12.1 Å². The minimum absolute atomic E-state index is 0.341. The van der Waals surface area contributed by atoms with E-state index >= 15 is 0 Å². The molecule has 0 spiro atoms. The van der Waals surface area contributed by atoms with Crippen molar-refractivity contribution in [3.63, 3.8) is 0 Å². The Kier molecular flexibility index (Phi) is 4.81. The van der Waals surface area contributed by atoms with Gasteiger partial charge in [-0.25, -0.2) is 0 Å². The van der Waals surface area contributed by atoms with Crippen LogP contribution < -0.4 is 4.74 Å². The lowest BCUT2D eigenvalue weighted by atomic mass is 9.88. The molecule has 102 valence electrons. The van der Waals surface area contributed by atoms with Crippen LogP contribution in [0, 0.1) is 0 Å². The zero-order valence-electron chi connectivity index (χ0n) is 11.5. The fourth-order valence-electron chi connectivity index (χ4n) is 2.52. The van der Waals surface area contributed by atoms with Crippen LogP contribution in [0.2, 0.25) is 0 Å². The van der Waals surface area contributed by atoms with Gasteiger partial charge in [-0.3, -0.25) is 4.79 Å². The summed E-state index contributed by atoms with van der Waals surface area (Å²) in [5.74, 6) is 1.19. The van der Waals surface area contributed by atoms with Crippen LogP contribution in [-0.2, 0) is 11.2 Å². The summed E-state index contributed by atoms with van der Waals surface area (Å²) in [7, 11) is 1.66. The Labute approximate surface area is 123 Å². The molecule has 0 fully saturated rings. The van der Waals surface area contributed by atoms with E-state index in [2.05, 4.69) is 28.9 Å². The maximum atomic E-state index is 11.9. The highest BCUT2D eigenvalue weighted by Crippen LogP contribution is 2.28. The topological polar surface area (TPSA) is 26.3 Å². The van der Waals surface area contributed by atoms with Gasteiger partial charge in [-0.15, -0.1) is 0 Å². The first-order valence-corrected chi connectivity index (χ1v) is 7.45. The minimum atomic E-state index is 0.341. The SMILES string of the molecule is COc1ccc(CCC2=C(C)CCCC2=O)c(Br)c1. The number of halogens is 1. The quantitative estimate of drug-likeness (QED) is 0.818. The summed E-state index contributed by atoms with van der Waals surface area (Å²) in [6.07, 6.45) is 4.54. The zero-order valence-corrected chi connectivity index (χ0v) is 13.0. The number of Topliss-reactive ketones (excluding diaryl/α,β-unsaturated/α-hetero) is 1. The van der Waals surface area contributed by atoms with Crippen molar-refractivity contribution in [2.75, 3.05) is 7.11 Å². The molecule has 0 N–H and O–H groups in total. The van der Waals surface area contributed by atoms with Gasteiger partial charge in [-0.2, -0.15) is 0 Å². The Morgan fingerprint density at radius 2 is 2.05 bits per heavy atom. The molecule has 1 aromatic rings. The number of carbonyl (C=O) groups excluding carboxylic acids is 1. The van der Waals surface area contributed by atoms with Crippen molar-refractivity contribution in [3.05, 3.63) is 39.4 Å². The highest BCUT2D eigenvalue weighted by Gasteiger charge is 2.17. The summed E-state index contributed by atoms with van der Waals surface area (Å²) in [4.78, 5) is 11.9. The van der Waals surface area contributed by atoms with E-state index in [-0.39, 0.29) is 0 Å². The predicted molar refractivity (Wildman–Crippen MR) is 80.6 cm³/mol. The average Bonchev–Trinajstić information content (AvgIpc) is 2.39. The van der Waals surface area contributed by atoms with Crippen LogP contribution in [0.25, 0.3) is 0 Å². The van der Waals surface area contributed by atoms with Gasteiger partial charge in [0, 0.05) is 10.9 Å². The lowest BCUT2D eigenvalue weighted by molar-refractivity contribution is -0.116. The first-order valence-electron chi connectivity index (χ1n) is 6.66. The number of carbonyl (C=O) groups is 1. The van der Waals surface area contributed by atoms with Crippen molar-refractivity contribution in [2.45, 2.75) is 39.0 Å². The summed E-state index contributed by atoms with van der Waals surface area (Å²) >= 11 is 3.56. The summed E-state index contributed by atoms with van der Waals surface area (Å²) in [6.45, 7) is 2.09. The summed E-state index contributed by atoms with van der Waals surface area (Å²) in [6, 6.07) is 6.00. The van der Waals surface area contributed by atoms with Crippen molar-refractivity contribution in [2.24, 2.45) is 0 Å². The van der Waals surface area contributed by atoms with Crippen LogP contribution in [0.3, 0.4) is 0 Å². The molecule has 0 heterocycles.